The summed E-state index contributed by atoms with van der Waals surface area (Å²) >= 11 is 0. The summed E-state index contributed by atoms with van der Waals surface area (Å²) in [5.41, 5.74) is 1.64. The van der Waals surface area contributed by atoms with Gasteiger partial charge in [-0.05, 0) is 18.9 Å². The molecule has 0 N–H and O–H groups in total. The third-order valence-corrected chi connectivity index (χ3v) is 2.40. The van der Waals surface area contributed by atoms with Crippen LogP contribution in [0.5, 0.6) is 0 Å². The zero-order chi connectivity index (χ0) is 11.1. The van der Waals surface area contributed by atoms with Crippen LogP contribution >= 0.6 is 0 Å². The summed E-state index contributed by atoms with van der Waals surface area (Å²) in [7, 11) is 0. The monoisotopic (exact) mass is 202 g/mol. The van der Waals surface area contributed by atoms with E-state index in [0.29, 0.717) is 0 Å². The Labute approximate surface area is 91.8 Å². The molecule has 1 nitrogen and oxygen atoms in total. The highest BCUT2D eigenvalue weighted by Gasteiger charge is 2.05. The fourth-order valence-electron chi connectivity index (χ4n) is 1.43. The van der Waals surface area contributed by atoms with Crippen molar-refractivity contribution in [1.29, 1.82) is 0 Å². The first kappa shape index (κ1) is 11.7. The van der Waals surface area contributed by atoms with Crippen LogP contribution in [0.4, 0.5) is 0 Å². The lowest BCUT2D eigenvalue weighted by Gasteiger charge is -2.00. The van der Waals surface area contributed by atoms with Gasteiger partial charge in [-0.2, -0.15) is 0 Å². The minimum absolute atomic E-state index is 0.145. The summed E-state index contributed by atoms with van der Waals surface area (Å²) < 4.78 is 0. The molecule has 0 aliphatic heterocycles. The number of allylic oxidation sites excluding steroid dienone is 2. The number of rotatable bonds is 5. The molecular weight excluding hydrogens is 184 g/mol. The van der Waals surface area contributed by atoms with Crippen molar-refractivity contribution in [3.05, 3.63) is 47.5 Å². The van der Waals surface area contributed by atoms with Gasteiger partial charge >= 0.3 is 0 Å². The van der Waals surface area contributed by atoms with E-state index in [0.717, 1.165) is 24.0 Å². The van der Waals surface area contributed by atoms with Gasteiger partial charge in [0.25, 0.3) is 0 Å². The standard InChI is InChI=1S/C14H18O/c1-3-4-6-9-12(2)14(15)13-10-7-5-8-11-13/h5,7-11H,3-4,6H2,1-2H3/b12-9-. The molecule has 0 heterocycles. The zero-order valence-corrected chi connectivity index (χ0v) is 9.49. The molecule has 0 saturated heterocycles. The number of carbonyl (C=O) groups excluding carboxylic acids is 1. The van der Waals surface area contributed by atoms with Crippen LogP contribution in [-0.4, -0.2) is 5.78 Å². The molecule has 0 unspecified atom stereocenters. The smallest absolute Gasteiger partial charge is 0.188 e. The Morgan fingerprint density at radius 3 is 2.53 bits per heavy atom. The molecule has 1 heteroatoms. The maximum atomic E-state index is 11.9. The van der Waals surface area contributed by atoms with Crippen molar-refractivity contribution < 1.29 is 4.79 Å². The van der Waals surface area contributed by atoms with E-state index in [2.05, 4.69) is 6.92 Å². The molecule has 80 valence electrons. The van der Waals surface area contributed by atoms with Crippen LogP contribution in [-0.2, 0) is 0 Å². The van der Waals surface area contributed by atoms with Gasteiger partial charge in [-0.1, -0.05) is 56.2 Å². The minimum atomic E-state index is 0.145. The minimum Gasteiger partial charge on any atom is -0.289 e. The number of carbonyl (C=O) groups is 1. The van der Waals surface area contributed by atoms with Crippen LogP contribution in [0.3, 0.4) is 0 Å². The van der Waals surface area contributed by atoms with Gasteiger partial charge in [0.2, 0.25) is 0 Å². The SMILES string of the molecule is CCCC/C=C(/C)C(=O)c1ccccc1. The maximum absolute atomic E-state index is 11.9. The van der Waals surface area contributed by atoms with E-state index in [1.807, 2.05) is 43.3 Å². The summed E-state index contributed by atoms with van der Waals surface area (Å²) in [6.45, 7) is 4.05. The van der Waals surface area contributed by atoms with Crippen molar-refractivity contribution in [3.63, 3.8) is 0 Å². The van der Waals surface area contributed by atoms with Crippen molar-refractivity contribution in [1.82, 2.24) is 0 Å². The van der Waals surface area contributed by atoms with Gasteiger partial charge in [0, 0.05) is 5.56 Å². The van der Waals surface area contributed by atoms with E-state index >= 15 is 0 Å². The molecule has 0 aromatic heterocycles. The molecule has 0 radical (unpaired) electrons. The van der Waals surface area contributed by atoms with Crippen molar-refractivity contribution >= 4 is 5.78 Å². The molecule has 0 atom stereocenters. The number of Topliss-reactive ketones (excluding diaryl/α,β-unsaturated/α-hetero) is 1. The van der Waals surface area contributed by atoms with Gasteiger partial charge in [-0.25, -0.2) is 0 Å². The average Bonchev–Trinajstić information content (AvgIpc) is 2.29. The Hall–Kier alpha value is -1.37. The molecule has 0 aliphatic carbocycles. The van der Waals surface area contributed by atoms with E-state index in [1.165, 1.54) is 6.42 Å². The van der Waals surface area contributed by atoms with E-state index in [-0.39, 0.29) is 5.78 Å². The third kappa shape index (κ3) is 3.70. The zero-order valence-electron chi connectivity index (χ0n) is 9.49. The Bertz CT molecular complexity index is 336. The number of hydrogen-bond donors (Lipinski definition) is 0. The summed E-state index contributed by atoms with van der Waals surface area (Å²) in [5, 5.41) is 0. The maximum Gasteiger partial charge on any atom is 0.188 e. The second-order valence-corrected chi connectivity index (χ2v) is 3.72. The van der Waals surface area contributed by atoms with Gasteiger partial charge in [0.15, 0.2) is 5.78 Å². The molecule has 0 amide bonds. The second kappa shape index (κ2) is 6.18. The highest BCUT2D eigenvalue weighted by molar-refractivity contribution is 6.08. The Balaban J connectivity index is 2.65. The molecule has 1 aromatic carbocycles. The Morgan fingerprint density at radius 1 is 1.27 bits per heavy atom. The van der Waals surface area contributed by atoms with Crippen LogP contribution in [0, 0.1) is 0 Å². The second-order valence-electron chi connectivity index (χ2n) is 3.72. The summed E-state index contributed by atoms with van der Waals surface area (Å²) in [5.74, 6) is 0.145. The molecule has 1 rings (SSSR count). The molecular formula is C14H18O. The van der Waals surface area contributed by atoms with E-state index in [4.69, 9.17) is 0 Å². The Kier molecular flexibility index (Phi) is 4.82. The molecule has 0 fully saturated rings. The Morgan fingerprint density at radius 2 is 1.93 bits per heavy atom. The van der Waals surface area contributed by atoms with Crippen LogP contribution < -0.4 is 0 Å². The first-order valence-electron chi connectivity index (χ1n) is 5.52. The van der Waals surface area contributed by atoms with Crippen LogP contribution in [0.1, 0.15) is 43.5 Å². The largest absolute Gasteiger partial charge is 0.289 e. The summed E-state index contributed by atoms with van der Waals surface area (Å²) in [6, 6.07) is 9.44. The van der Waals surface area contributed by atoms with E-state index in [1.54, 1.807) is 0 Å². The lowest BCUT2D eigenvalue weighted by Crippen LogP contribution is -1.99. The first-order valence-corrected chi connectivity index (χ1v) is 5.52. The van der Waals surface area contributed by atoms with Crippen LogP contribution in [0.2, 0.25) is 0 Å². The van der Waals surface area contributed by atoms with Crippen LogP contribution in [0.25, 0.3) is 0 Å². The third-order valence-electron chi connectivity index (χ3n) is 2.40. The quantitative estimate of drug-likeness (QED) is 0.400. The predicted octanol–water partition coefficient (Wildman–Crippen LogP) is 4.01. The first-order chi connectivity index (χ1) is 7.25. The normalized spacial score (nSPS) is 11.5. The van der Waals surface area contributed by atoms with Gasteiger partial charge in [0.1, 0.15) is 0 Å². The van der Waals surface area contributed by atoms with E-state index in [9.17, 15) is 4.79 Å². The molecule has 1 aromatic rings. The van der Waals surface area contributed by atoms with E-state index < -0.39 is 0 Å². The number of benzene rings is 1. The summed E-state index contributed by atoms with van der Waals surface area (Å²) in [6.07, 6.45) is 5.36. The molecule has 0 bridgehead atoms. The molecule has 15 heavy (non-hydrogen) atoms. The van der Waals surface area contributed by atoms with Gasteiger partial charge in [0.05, 0.1) is 0 Å². The summed E-state index contributed by atoms with van der Waals surface area (Å²) in [4.78, 5) is 11.9. The molecule has 0 spiro atoms. The number of ketones is 1. The topological polar surface area (TPSA) is 17.1 Å². The highest BCUT2D eigenvalue weighted by atomic mass is 16.1. The van der Waals surface area contributed by atoms with Gasteiger partial charge in [-0.3, -0.25) is 4.79 Å². The fraction of sp³-hybridized carbons (Fsp3) is 0.357. The van der Waals surface area contributed by atoms with Gasteiger partial charge < -0.3 is 0 Å². The number of unbranched alkanes of at least 4 members (excludes halogenated alkanes) is 2. The predicted molar refractivity (Wildman–Crippen MR) is 64.1 cm³/mol. The lowest BCUT2D eigenvalue weighted by molar-refractivity contribution is 0.103. The van der Waals surface area contributed by atoms with Crippen molar-refractivity contribution in [2.24, 2.45) is 0 Å². The fourth-order valence-corrected chi connectivity index (χ4v) is 1.43. The number of hydrogen-bond acceptors (Lipinski definition) is 1. The molecule has 0 aliphatic rings. The highest BCUT2D eigenvalue weighted by Crippen LogP contribution is 2.09. The molecule has 0 saturated carbocycles. The lowest BCUT2D eigenvalue weighted by atomic mass is 10.0. The van der Waals surface area contributed by atoms with Crippen molar-refractivity contribution in [3.8, 4) is 0 Å². The van der Waals surface area contributed by atoms with Crippen molar-refractivity contribution in [2.45, 2.75) is 33.1 Å². The van der Waals surface area contributed by atoms with Crippen molar-refractivity contribution in [2.75, 3.05) is 0 Å². The van der Waals surface area contributed by atoms with Crippen LogP contribution in [0.15, 0.2) is 42.0 Å². The van der Waals surface area contributed by atoms with Gasteiger partial charge in [-0.15, -0.1) is 0 Å². The average molecular weight is 202 g/mol.